The van der Waals surface area contributed by atoms with Crippen LogP contribution in [0.3, 0.4) is 0 Å². The summed E-state index contributed by atoms with van der Waals surface area (Å²) >= 11 is 0. The summed E-state index contributed by atoms with van der Waals surface area (Å²) in [7, 11) is -11.5. The Kier molecular flexibility index (Phi) is 12.9. The Morgan fingerprint density at radius 1 is 0.909 bits per heavy atom. The number of aryl methyl sites for hydroxylation is 1. The summed E-state index contributed by atoms with van der Waals surface area (Å²) in [5.41, 5.74) is -12.4. The molecule has 0 radical (unpaired) electrons. The van der Waals surface area contributed by atoms with Crippen molar-refractivity contribution in [3.63, 3.8) is 0 Å². The second-order valence-electron chi connectivity index (χ2n) is 7.15. The number of H-pyrrole nitrogens is 1. The van der Waals surface area contributed by atoms with Crippen molar-refractivity contribution in [3.05, 3.63) is 22.3 Å². The predicted molar refractivity (Wildman–Crippen MR) is 107 cm³/mol. The number of unbranched alkanes of at least 4 members (excludes halogenated alkanes) is 7. The van der Waals surface area contributed by atoms with Gasteiger partial charge in [0.2, 0.25) is 0 Å². The van der Waals surface area contributed by atoms with Crippen molar-refractivity contribution in [2.24, 2.45) is 7.05 Å². The van der Waals surface area contributed by atoms with Crippen molar-refractivity contribution < 1.29 is 52.9 Å². The smallest absolute Gasteiger partial charge is 0.421 e. The number of aromatic nitrogens is 2. The van der Waals surface area contributed by atoms with Crippen LogP contribution in [0.5, 0.6) is 0 Å². The summed E-state index contributed by atoms with van der Waals surface area (Å²) in [5.74, 6) is 0.915. The zero-order valence-electron chi connectivity index (χ0n) is 18.2. The van der Waals surface area contributed by atoms with Crippen molar-refractivity contribution >= 4 is 20.0 Å². The van der Waals surface area contributed by atoms with E-state index >= 15 is 0 Å². The van der Waals surface area contributed by atoms with E-state index in [0.717, 1.165) is 22.8 Å². The molecule has 0 aromatic carbocycles. The summed E-state index contributed by atoms with van der Waals surface area (Å²) < 4.78 is 111. The number of hydrogen-bond donors (Lipinski definition) is 2. The number of rotatable bonds is 12. The van der Waals surface area contributed by atoms with Gasteiger partial charge in [0.15, 0.2) is 26.2 Å². The Hall–Kier alpha value is -1.39. The molecule has 0 fully saturated rings. The zero-order valence-corrected chi connectivity index (χ0v) is 19.8. The minimum atomic E-state index is -6.72. The molecule has 1 rings (SSSR count). The van der Waals surface area contributed by atoms with Gasteiger partial charge in [-0.2, -0.15) is 26.3 Å². The molecule has 0 amide bonds. The fraction of sp³-hybridized carbons (Fsp3) is 0.824. The Balaban J connectivity index is 0.000000633. The van der Waals surface area contributed by atoms with Crippen LogP contribution in [0.2, 0.25) is 0 Å². The molecule has 1 aromatic heterocycles. The molecule has 0 aliphatic carbocycles. The summed E-state index contributed by atoms with van der Waals surface area (Å²) in [6.07, 6.45) is 14.8. The van der Waals surface area contributed by atoms with E-state index in [9.17, 15) is 48.3 Å². The molecule has 8 nitrogen and oxygen atoms in total. The standard InChI is InChI=1S/C15H28N2O.C2F6NO4S2/c1-3-4-5-6-7-8-9-10-11-14(18)15-16-12-13-17(15)2;3-1(4,5)14(10,11)9-15(12,13)2(6,7)8/h12-14,18H,3-11H2,1-2H3;/q;-1/p+1. The summed E-state index contributed by atoms with van der Waals surface area (Å²) in [4.78, 5) is 3.09. The van der Waals surface area contributed by atoms with Gasteiger partial charge in [-0.05, 0) is 6.42 Å². The first-order chi connectivity index (χ1) is 15.0. The van der Waals surface area contributed by atoms with Gasteiger partial charge in [0.05, 0.1) is 7.05 Å². The third-order valence-corrected chi connectivity index (χ3v) is 7.08. The highest BCUT2D eigenvalue weighted by atomic mass is 32.3. The Labute approximate surface area is 189 Å². The number of hydrogen-bond acceptors (Lipinski definition) is 5. The molecular weight excluding hydrogens is 504 g/mol. The van der Waals surface area contributed by atoms with Gasteiger partial charge in [0.25, 0.3) is 5.82 Å². The molecule has 196 valence electrons. The predicted octanol–water partition coefficient (Wildman–Crippen LogP) is 4.46. The lowest BCUT2D eigenvalue weighted by Crippen LogP contribution is -2.32. The highest BCUT2D eigenvalue weighted by Crippen LogP contribution is 2.36. The molecule has 2 N–H and O–H groups in total. The van der Waals surface area contributed by atoms with Gasteiger partial charge in [0, 0.05) is 0 Å². The monoisotopic (exact) mass is 533 g/mol. The lowest BCUT2D eigenvalue weighted by molar-refractivity contribution is -0.681. The Bertz CT molecular complexity index is 857. The number of nitrogens with one attached hydrogen (secondary N) is 1. The fourth-order valence-electron chi connectivity index (χ4n) is 2.57. The van der Waals surface area contributed by atoms with Crippen LogP contribution in [0.4, 0.5) is 26.3 Å². The lowest BCUT2D eigenvalue weighted by Gasteiger charge is -2.22. The molecule has 1 atom stereocenters. The van der Waals surface area contributed by atoms with Crippen LogP contribution in [0.25, 0.3) is 4.13 Å². The average molecular weight is 534 g/mol. The molecule has 0 bridgehead atoms. The van der Waals surface area contributed by atoms with Crippen LogP contribution >= 0.6 is 0 Å². The number of aliphatic hydroxyl groups excluding tert-OH is 1. The number of nitrogens with zero attached hydrogens (tertiary/aromatic N) is 2. The van der Waals surface area contributed by atoms with Crippen molar-refractivity contribution in [1.29, 1.82) is 0 Å². The van der Waals surface area contributed by atoms with Crippen molar-refractivity contribution in [3.8, 4) is 0 Å². The molecule has 0 aliphatic heterocycles. The van der Waals surface area contributed by atoms with E-state index in [1.807, 2.05) is 24.0 Å². The van der Waals surface area contributed by atoms with Gasteiger partial charge in [0.1, 0.15) is 12.4 Å². The second-order valence-corrected chi connectivity index (χ2v) is 10.6. The maximum atomic E-state index is 11.4. The Morgan fingerprint density at radius 3 is 1.70 bits per heavy atom. The van der Waals surface area contributed by atoms with Crippen molar-refractivity contribution in [1.82, 2.24) is 4.98 Å². The molecule has 0 aliphatic rings. The molecule has 1 aromatic rings. The largest absolute Gasteiger partial charge is 0.480 e. The first-order valence-corrected chi connectivity index (χ1v) is 12.9. The lowest BCUT2D eigenvalue weighted by atomic mass is 10.1. The van der Waals surface area contributed by atoms with Crippen molar-refractivity contribution in [2.45, 2.75) is 81.8 Å². The number of sulfonamides is 2. The topological polar surface area (TPSA) is 122 Å². The van der Waals surface area contributed by atoms with Gasteiger partial charge in [-0.3, -0.25) is 0 Å². The van der Waals surface area contributed by atoms with Crippen LogP contribution in [-0.2, 0) is 27.1 Å². The number of halogens is 6. The first-order valence-electron chi connectivity index (χ1n) is 10.0. The van der Waals surface area contributed by atoms with Gasteiger partial charge in [-0.1, -0.05) is 58.3 Å². The summed E-state index contributed by atoms with van der Waals surface area (Å²) in [5, 5.41) is 10.0. The molecule has 33 heavy (non-hydrogen) atoms. The summed E-state index contributed by atoms with van der Waals surface area (Å²) in [6.45, 7) is 2.25. The van der Waals surface area contributed by atoms with Crippen LogP contribution in [0.15, 0.2) is 12.4 Å². The minimum Gasteiger partial charge on any atom is -0.421 e. The first kappa shape index (κ1) is 31.6. The van der Waals surface area contributed by atoms with E-state index in [-0.39, 0.29) is 6.10 Å². The molecule has 1 unspecified atom stereocenters. The minimum absolute atomic E-state index is 0.343. The van der Waals surface area contributed by atoms with E-state index in [1.54, 1.807) is 0 Å². The van der Waals surface area contributed by atoms with Crippen LogP contribution in [0.1, 0.15) is 76.6 Å². The van der Waals surface area contributed by atoms with Gasteiger partial charge in [-0.15, -0.1) is 0 Å². The maximum Gasteiger partial charge on any atom is 0.480 e. The van der Waals surface area contributed by atoms with Crippen molar-refractivity contribution in [2.75, 3.05) is 0 Å². The number of aromatic amines is 1. The maximum absolute atomic E-state index is 11.4. The number of aliphatic hydroxyl groups is 1. The van der Waals surface area contributed by atoms with Crippen LogP contribution in [0, 0.1) is 0 Å². The summed E-state index contributed by atoms with van der Waals surface area (Å²) in [6, 6.07) is 0. The molecule has 1 heterocycles. The molecule has 0 saturated heterocycles. The fourth-order valence-corrected chi connectivity index (χ4v) is 4.28. The zero-order chi connectivity index (χ0) is 25.9. The average Bonchev–Trinajstić information content (AvgIpc) is 3.07. The highest BCUT2D eigenvalue weighted by Gasteiger charge is 2.46. The number of imidazole rings is 1. The van der Waals surface area contributed by atoms with Gasteiger partial charge in [-0.25, -0.2) is 26.4 Å². The van der Waals surface area contributed by atoms with Gasteiger partial charge >= 0.3 is 11.0 Å². The molecule has 0 saturated carbocycles. The van der Waals surface area contributed by atoms with E-state index in [0.29, 0.717) is 0 Å². The quantitative estimate of drug-likeness (QED) is 0.233. The highest BCUT2D eigenvalue weighted by molar-refractivity contribution is 8.13. The normalized spacial score (nSPS) is 14.0. The van der Waals surface area contributed by atoms with E-state index < -0.39 is 31.1 Å². The molecule has 16 heteroatoms. The van der Waals surface area contributed by atoms with Gasteiger partial charge < -0.3 is 9.23 Å². The third kappa shape index (κ3) is 11.5. The van der Waals surface area contributed by atoms with E-state index in [1.165, 1.54) is 44.9 Å². The van der Waals surface area contributed by atoms with Crippen LogP contribution < -0.4 is 4.57 Å². The van der Waals surface area contributed by atoms with Crippen LogP contribution in [-0.4, -0.2) is 37.9 Å². The molecular formula is C17H29F6N3O5S2. The van der Waals surface area contributed by atoms with E-state index in [4.69, 9.17) is 0 Å². The number of alkyl halides is 6. The molecule has 0 spiro atoms. The second kappa shape index (κ2) is 13.5. The Morgan fingerprint density at radius 2 is 1.33 bits per heavy atom. The SMILES string of the molecule is CCCCCCCCCCC(O)c1[nH]cc[n+]1C.O=S(=O)([N-]S(=O)(=O)C(F)(F)F)C(F)(F)F. The van der Waals surface area contributed by atoms with E-state index in [2.05, 4.69) is 11.9 Å². The third-order valence-electron chi connectivity index (χ3n) is 4.34.